The van der Waals surface area contributed by atoms with Crippen molar-refractivity contribution in [3.8, 4) is 5.69 Å². The van der Waals surface area contributed by atoms with Crippen LogP contribution in [0.4, 0.5) is 4.39 Å². The molecule has 4 rings (SSSR count). The number of aromatic nitrogens is 1. The van der Waals surface area contributed by atoms with E-state index in [2.05, 4.69) is 35.0 Å². The van der Waals surface area contributed by atoms with E-state index in [-0.39, 0.29) is 23.7 Å². The van der Waals surface area contributed by atoms with Crippen LogP contribution in [0.25, 0.3) is 5.69 Å². The van der Waals surface area contributed by atoms with Crippen LogP contribution in [-0.4, -0.2) is 40.4 Å². The number of carbonyl (C=O) groups is 2. The number of rotatable bonds is 4. The van der Waals surface area contributed by atoms with Gasteiger partial charge in [0.2, 0.25) is 0 Å². The number of nitrogens with one attached hydrogen (secondary N) is 1. The summed E-state index contributed by atoms with van der Waals surface area (Å²) in [5.74, 6) is -0.549. The van der Waals surface area contributed by atoms with Crippen molar-refractivity contribution in [2.24, 2.45) is 0 Å². The number of hydrogen-bond donors (Lipinski definition) is 1. The molecule has 0 radical (unpaired) electrons. The van der Waals surface area contributed by atoms with Crippen molar-refractivity contribution in [1.29, 1.82) is 0 Å². The van der Waals surface area contributed by atoms with Crippen LogP contribution >= 0.6 is 0 Å². The third kappa shape index (κ3) is 4.44. The summed E-state index contributed by atoms with van der Waals surface area (Å²) in [6, 6.07) is 15.7. The number of hydrogen-bond acceptors (Lipinski definition) is 2. The summed E-state index contributed by atoms with van der Waals surface area (Å²) in [6.45, 7) is 7.23. The zero-order valence-electron chi connectivity index (χ0n) is 18.7. The lowest BCUT2D eigenvalue weighted by molar-refractivity contribution is 0.0697. The smallest absolute Gasteiger partial charge is 0.255 e. The highest BCUT2D eigenvalue weighted by molar-refractivity contribution is 5.96. The molecular formula is C26H28FN3O2. The minimum absolute atomic E-state index is 0.00340. The lowest BCUT2D eigenvalue weighted by atomic mass is 10.0. The normalized spacial score (nSPS) is 14.4. The predicted octanol–water partition coefficient (Wildman–Crippen LogP) is 4.58. The summed E-state index contributed by atoms with van der Waals surface area (Å²) in [7, 11) is 0. The number of piperidine rings is 1. The van der Waals surface area contributed by atoms with Crippen LogP contribution in [-0.2, 0) is 0 Å². The number of halogens is 1. The first-order valence-corrected chi connectivity index (χ1v) is 10.9. The molecule has 2 aromatic carbocycles. The molecule has 0 spiro atoms. The Kier molecular flexibility index (Phi) is 6.12. The van der Waals surface area contributed by atoms with E-state index >= 15 is 0 Å². The monoisotopic (exact) mass is 433 g/mol. The Morgan fingerprint density at radius 1 is 0.969 bits per heavy atom. The van der Waals surface area contributed by atoms with Crippen LogP contribution in [0.5, 0.6) is 0 Å². The second-order valence-electron chi connectivity index (χ2n) is 8.51. The molecule has 0 atom stereocenters. The van der Waals surface area contributed by atoms with Gasteiger partial charge in [0.25, 0.3) is 11.8 Å². The molecular weight excluding hydrogens is 405 g/mol. The first-order valence-electron chi connectivity index (χ1n) is 10.9. The molecule has 0 unspecified atom stereocenters. The quantitative estimate of drug-likeness (QED) is 0.655. The summed E-state index contributed by atoms with van der Waals surface area (Å²) in [5, 5.41) is 3.00. The first kappa shape index (κ1) is 21.8. The summed E-state index contributed by atoms with van der Waals surface area (Å²) >= 11 is 0. The highest BCUT2D eigenvalue weighted by Crippen LogP contribution is 2.24. The van der Waals surface area contributed by atoms with Gasteiger partial charge in [0.15, 0.2) is 0 Å². The highest BCUT2D eigenvalue weighted by Gasteiger charge is 2.27. The fourth-order valence-corrected chi connectivity index (χ4v) is 4.41. The standard InChI is InChI=1S/C26H28FN3O2/c1-17-5-4-6-23(15-17)30-18(2)16-24(19(30)3)26(32)29-13-11-22(12-14-29)28-25(31)20-7-9-21(27)10-8-20/h4-10,15-16,22H,11-14H2,1-3H3,(H,28,31). The number of nitrogens with zero attached hydrogens (tertiary/aromatic N) is 2. The fourth-order valence-electron chi connectivity index (χ4n) is 4.41. The molecule has 1 aliphatic rings. The van der Waals surface area contributed by atoms with Gasteiger partial charge in [0.05, 0.1) is 5.56 Å². The Hall–Kier alpha value is -3.41. The summed E-state index contributed by atoms with van der Waals surface area (Å²) < 4.78 is 15.2. The number of carbonyl (C=O) groups excluding carboxylic acids is 2. The van der Waals surface area contributed by atoms with E-state index in [1.165, 1.54) is 29.8 Å². The van der Waals surface area contributed by atoms with Crippen LogP contribution in [0.3, 0.4) is 0 Å². The molecule has 1 saturated heterocycles. The van der Waals surface area contributed by atoms with Crippen LogP contribution in [0.1, 0.15) is 50.5 Å². The second-order valence-corrected chi connectivity index (χ2v) is 8.51. The molecule has 0 aliphatic carbocycles. The maximum absolute atomic E-state index is 13.3. The zero-order chi connectivity index (χ0) is 22.8. The van der Waals surface area contributed by atoms with Crippen molar-refractivity contribution in [2.45, 2.75) is 39.7 Å². The van der Waals surface area contributed by atoms with E-state index in [1.54, 1.807) is 0 Å². The fraction of sp³-hybridized carbons (Fsp3) is 0.308. The third-order valence-electron chi connectivity index (χ3n) is 6.15. The lowest BCUT2D eigenvalue weighted by Crippen LogP contribution is -2.46. The zero-order valence-corrected chi connectivity index (χ0v) is 18.7. The van der Waals surface area contributed by atoms with Crippen molar-refractivity contribution < 1.29 is 14.0 Å². The SMILES string of the molecule is Cc1cccc(-n2c(C)cc(C(=O)N3CCC(NC(=O)c4ccc(F)cc4)CC3)c2C)c1. The van der Waals surface area contributed by atoms with Crippen molar-refractivity contribution in [2.75, 3.05) is 13.1 Å². The van der Waals surface area contributed by atoms with Gasteiger partial charge in [0, 0.05) is 41.8 Å². The molecule has 32 heavy (non-hydrogen) atoms. The Labute approximate surface area is 187 Å². The Bertz CT molecular complexity index is 1140. The van der Waals surface area contributed by atoms with Gasteiger partial charge < -0.3 is 14.8 Å². The van der Waals surface area contributed by atoms with Gasteiger partial charge >= 0.3 is 0 Å². The first-order chi connectivity index (χ1) is 15.3. The maximum Gasteiger partial charge on any atom is 0.255 e. The summed E-state index contributed by atoms with van der Waals surface area (Å²) in [4.78, 5) is 27.5. The average Bonchev–Trinajstić information content (AvgIpc) is 3.08. The van der Waals surface area contributed by atoms with Gasteiger partial charge in [-0.3, -0.25) is 9.59 Å². The molecule has 2 amide bonds. The van der Waals surface area contributed by atoms with E-state index in [0.717, 1.165) is 22.6 Å². The molecule has 1 aromatic heterocycles. The molecule has 1 fully saturated rings. The minimum atomic E-state index is -0.366. The molecule has 6 heteroatoms. The Morgan fingerprint density at radius 2 is 1.66 bits per heavy atom. The van der Waals surface area contributed by atoms with Crippen molar-refractivity contribution in [3.05, 3.63) is 88.5 Å². The summed E-state index contributed by atoms with van der Waals surface area (Å²) in [5.41, 5.74) is 5.35. The van der Waals surface area contributed by atoms with Crippen molar-refractivity contribution in [1.82, 2.24) is 14.8 Å². The molecule has 3 aromatic rings. The number of aryl methyl sites for hydroxylation is 2. The van der Waals surface area contributed by atoms with Gasteiger partial charge in [0.1, 0.15) is 5.82 Å². The molecule has 2 heterocycles. The Balaban J connectivity index is 1.41. The van der Waals surface area contributed by atoms with E-state index in [1.807, 2.05) is 30.9 Å². The van der Waals surface area contributed by atoms with E-state index in [9.17, 15) is 14.0 Å². The van der Waals surface area contributed by atoms with Gasteiger partial charge in [-0.05, 0) is 81.6 Å². The predicted molar refractivity (Wildman–Crippen MR) is 123 cm³/mol. The molecule has 166 valence electrons. The van der Waals surface area contributed by atoms with Crippen LogP contribution < -0.4 is 5.32 Å². The van der Waals surface area contributed by atoms with Gasteiger partial charge in [-0.15, -0.1) is 0 Å². The molecule has 1 aliphatic heterocycles. The van der Waals surface area contributed by atoms with E-state index < -0.39 is 0 Å². The van der Waals surface area contributed by atoms with Crippen LogP contribution in [0.2, 0.25) is 0 Å². The third-order valence-corrected chi connectivity index (χ3v) is 6.15. The van der Waals surface area contributed by atoms with Gasteiger partial charge in [-0.1, -0.05) is 12.1 Å². The minimum Gasteiger partial charge on any atom is -0.349 e. The molecule has 0 saturated carbocycles. The topological polar surface area (TPSA) is 54.3 Å². The molecule has 5 nitrogen and oxygen atoms in total. The average molecular weight is 434 g/mol. The maximum atomic E-state index is 13.3. The largest absolute Gasteiger partial charge is 0.349 e. The van der Waals surface area contributed by atoms with Crippen molar-refractivity contribution in [3.63, 3.8) is 0 Å². The van der Waals surface area contributed by atoms with E-state index in [0.29, 0.717) is 31.5 Å². The van der Waals surface area contributed by atoms with E-state index in [4.69, 9.17) is 0 Å². The lowest BCUT2D eigenvalue weighted by Gasteiger charge is -2.32. The highest BCUT2D eigenvalue weighted by atomic mass is 19.1. The Morgan fingerprint density at radius 3 is 2.31 bits per heavy atom. The number of likely N-dealkylation sites (tertiary alicyclic amines) is 1. The van der Waals surface area contributed by atoms with Crippen molar-refractivity contribution >= 4 is 11.8 Å². The number of benzene rings is 2. The number of amides is 2. The van der Waals surface area contributed by atoms with Crippen LogP contribution in [0.15, 0.2) is 54.6 Å². The second kappa shape index (κ2) is 8.99. The van der Waals surface area contributed by atoms with Gasteiger partial charge in [-0.2, -0.15) is 0 Å². The van der Waals surface area contributed by atoms with Crippen LogP contribution in [0, 0.1) is 26.6 Å². The molecule has 0 bridgehead atoms. The summed E-state index contributed by atoms with van der Waals surface area (Å²) in [6.07, 6.45) is 1.38. The van der Waals surface area contributed by atoms with Gasteiger partial charge in [-0.25, -0.2) is 4.39 Å². The molecule has 1 N–H and O–H groups in total.